The lowest BCUT2D eigenvalue weighted by Gasteiger charge is -2.24. The molecule has 2 N–H and O–H groups in total. The molecule has 29 heavy (non-hydrogen) atoms. The molecule has 2 rings (SSSR count). The first-order valence-corrected chi connectivity index (χ1v) is 9.99. The number of guanidine groups is 1. The second-order valence-corrected chi connectivity index (χ2v) is 6.58. The molecule has 0 aliphatic heterocycles. The number of likely N-dealkylation sites (N-methyl/N-ethyl adjacent to an activating group) is 1. The number of anilines is 1. The number of aliphatic imine (C=N–C) groups is 1. The number of hydrogen-bond donors (Lipinski definition) is 2. The number of rotatable bonds is 11. The van der Waals surface area contributed by atoms with Gasteiger partial charge in [-0.1, -0.05) is 18.2 Å². The lowest BCUT2D eigenvalue weighted by atomic mass is 10.2. The minimum absolute atomic E-state index is 0.472. The Bertz CT molecular complexity index is 766. The van der Waals surface area contributed by atoms with Crippen molar-refractivity contribution in [3.05, 3.63) is 53.7 Å². The van der Waals surface area contributed by atoms with Crippen LogP contribution in [0.15, 0.2) is 47.6 Å². The lowest BCUT2D eigenvalue weighted by Crippen LogP contribution is -2.41. The highest BCUT2D eigenvalue weighted by atomic mass is 16.5. The summed E-state index contributed by atoms with van der Waals surface area (Å²) >= 11 is 0. The van der Waals surface area contributed by atoms with Gasteiger partial charge in [0.1, 0.15) is 6.61 Å². The molecule has 0 saturated carbocycles. The van der Waals surface area contributed by atoms with Crippen LogP contribution < -0.4 is 20.3 Å². The average molecular weight is 400 g/mol. The van der Waals surface area contributed by atoms with E-state index in [0.717, 1.165) is 31.2 Å². The van der Waals surface area contributed by atoms with E-state index in [1.807, 2.05) is 12.1 Å². The number of aromatic nitrogens is 1. The van der Waals surface area contributed by atoms with Crippen molar-refractivity contribution in [3.63, 3.8) is 0 Å². The number of hydrogen-bond acceptors (Lipinski definition) is 5. The van der Waals surface area contributed by atoms with Gasteiger partial charge in [-0.2, -0.15) is 0 Å². The second kappa shape index (κ2) is 12.6. The van der Waals surface area contributed by atoms with Gasteiger partial charge in [-0.15, -0.1) is 0 Å². The first-order valence-electron chi connectivity index (χ1n) is 9.99. The number of methoxy groups -OCH3 is 1. The standard InChI is InChI=1S/C22H33N5O2/c1-5-27(20-10-6-8-18(2)16-20)13-12-25-22(23-3)26-17-19-9-7-11-24-21(19)29-15-14-28-4/h6-11,16H,5,12-15,17H2,1-4H3,(H2,23,25,26). The zero-order chi connectivity index (χ0) is 20.9. The van der Waals surface area contributed by atoms with E-state index < -0.39 is 0 Å². The predicted molar refractivity (Wildman–Crippen MR) is 119 cm³/mol. The third kappa shape index (κ3) is 7.62. The van der Waals surface area contributed by atoms with Crippen molar-refractivity contribution in [2.45, 2.75) is 20.4 Å². The summed E-state index contributed by atoms with van der Waals surface area (Å²) < 4.78 is 10.7. The SMILES string of the molecule is CCN(CCNC(=NC)NCc1cccnc1OCCOC)c1cccc(C)c1. The molecule has 1 aromatic carbocycles. The van der Waals surface area contributed by atoms with Crippen LogP contribution in [0.4, 0.5) is 5.69 Å². The summed E-state index contributed by atoms with van der Waals surface area (Å²) in [5, 5.41) is 6.70. The van der Waals surface area contributed by atoms with Crippen molar-refractivity contribution in [1.82, 2.24) is 15.6 Å². The van der Waals surface area contributed by atoms with E-state index >= 15 is 0 Å². The van der Waals surface area contributed by atoms with Crippen molar-refractivity contribution in [2.24, 2.45) is 4.99 Å². The molecule has 0 atom stereocenters. The van der Waals surface area contributed by atoms with Crippen LogP contribution in [-0.4, -0.2) is 57.9 Å². The van der Waals surface area contributed by atoms with Crippen LogP contribution in [0.2, 0.25) is 0 Å². The van der Waals surface area contributed by atoms with E-state index in [1.165, 1.54) is 11.3 Å². The lowest BCUT2D eigenvalue weighted by molar-refractivity contribution is 0.143. The van der Waals surface area contributed by atoms with E-state index in [0.29, 0.717) is 25.6 Å². The third-order valence-corrected chi connectivity index (χ3v) is 4.47. The van der Waals surface area contributed by atoms with Gasteiger partial charge in [0, 0.05) is 57.8 Å². The average Bonchev–Trinajstić information content (AvgIpc) is 2.74. The molecule has 0 bridgehead atoms. The van der Waals surface area contributed by atoms with Gasteiger partial charge in [0.15, 0.2) is 5.96 Å². The van der Waals surface area contributed by atoms with Crippen molar-refractivity contribution in [3.8, 4) is 5.88 Å². The van der Waals surface area contributed by atoms with Crippen LogP contribution in [0.3, 0.4) is 0 Å². The Labute approximate surface area is 174 Å². The number of ether oxygens (including phenoxy) is 2. The molecule has 158 valence electrons. The number of aryl methyl sites for hydroxylation is 1. The number of pyridine rings is 1. The summed E-state index contributed by atoms with van der Waals surface area (Å²) in [4.78, 5) is 11.0. The molecule has 7 heteroatoms. The monoisotopic (exact) mass is 399 g/mol. The van der Waals surface area contributed by atoms with Crippen molar-refractivity contribution >= 4 is 11.6 Å². The molecule has 0 aliphatic carbocycles. The van der Waals surface area contributed by atoms with Crippen LogP contribution in [0.25, 0.3) is 0 Å². The highest BCUT2D eigenvalue weighted by molar-refractivity contribution is 5.79. The predicted octanol–water partition coefficient (Wildman–Crippen LogP) is 2.61. The summed E-state index contributed by atoms with van der Waals surface area (Å²) in [6, 6.07) is 12.5. The number of nitrogens with one attached hydrogen (secondary N) is 2. The smallest absolute Gasteiger partial charge is 0.218 e. The summed E-state index contributed by atoms with van der Waals surface area (Å²) in [6.07, 6.45) is 1.73. The van der Waals surface area contributed by atoms with Gasteiger partial charge in [0.05, 0.1) is 6.61 Å². The van der Waals surface area contributed by atoms with Crippen LogP contribution >= 0.6 is 0 Å². The molecule has 7 nitrogen and oxygen atoms in total. The fraction of sp³-hybridized carbons (Fsp3) is 0.455. The zero-order valence-electron chi connectivity index (χ0n) is 17.9. The van der Waals surface area contributed by atoms with Gasteiger partial charge >= 0.3 is 0 Å². The minimum atomic E-state index is 0.472. The minimum Gasteiger partial charge on any atom is -0.475 e. The Hall–Kier alpha value is -2.80. The molecule has 0 unspecified atom stereocenters. The highest BCUT2D eigenvalue weighted by Gasteiger charge is 2.07. The Balaban J connectivity index is 1.84. The van der Waals surface area contributed by atoms with Gasteiger partial charge in [0.2, 0.25) is 5.88 Å². The van der Waals surface area contributed by atoms with Gasteiger partial charge < -0.3 is 25.0 Å². The van der Waals surface area contributed by atoms with E-state index in [-0.39, 0.29) is 0 Å². The van der Waals surface area contributed by atoms with E-state index in [9.17, 15) is 0 Å². The Morgan fingerprint density at radius 1 is 1.17 bits per heavy atom. The molecule has 0 saturated heterocycles. The Morgan fingerprint density at radius 3 is 2.76 bits per heavy atom. The quantitative estimate of drug-likeness (QED) is 0.344. The maximum absolute atomic E-state index is 5.69. The van der Waals surface area contributed by atoms with Crippen LogP contribution in [0.1, 0.15) is 18.1 Å². The largest absolute Gasteiger partial charge is 0.475 e. The first kappa shape index (κ1) is 22.5. The third-order valence-electron chi connectivity index (χ3n) is 4.47. The molecule has 1 heterocycles. The summed E-state index contributed by atoms with van der Waals surface area (Å²) in [6.45, 7) is 8.49. The molecule has 2 aromatic rings. The first-order chi connectivity index (χ1) is 14.2. The summed E-state index contributed by atoms with van der Waals surface area (Å²) in [7, 11) is 3.42. The Morgan fingerprint density at radius 2 is 2.03 bits per heavy atom. The molecular formula is C22H33N5O2. The molecule has 0 radical (unpaired) electrons. The van der Waals surface area contributed by atoms with E-state index in [1.54, 1.807) is 20.4 Å². The second-order valence-electron chi connectivity index (χ2n) is 6.58. The van der Waals surface area contributed by atoms with Gasteiger partial charge in [-0.05, 0) is 37.6 Å². The topological polar surface area (TPSA) is 71.0 Å². The molecule has 0 amide bonds. The van der Waals surface area contributed by atoms with Crippen molar-refractivity contribution in [1.29, 1.82) is 0 Å². The van der Waals surface area contributed by atoms with Gasteiger partial charge in [-0.25, -0.2) is 4.98 Å². The summed E-state index contributed by atoms with van der Waals surface area (Å²) in [5.74, 6) is 1.36. The van der Waals surface area contributed by atoms with Crippen molar-refractivity contribution in [2.75, 3.05) is 51.9 Å². The summed E-state index contributed by atoms with van der Waals surface area (Å²) in [5.41, 5.74) is 3.48. The normalized spacial score (nSPS) is 11.2. The molecule has 0 fully saturated rings. The number of benzene rings is 1. The van der Waals surface area contributed by atoms with Gasteiger partial charge in [-0.3, -0.25) is 4.99 Å². The van der Waals surface area contributed by atoms with Crippen molar-refractivity contribution < 1.29 is 9.47 Å². The van der Waals surface area contributed by atoms with Gasteiger partial charge in [0.25, 0.3) is 0 Å². The van der Waals surface area contributed by atoms with E-state index in [4.69, 9.17) is 9.47 Å². The molecule has 1 aromatic heterocycles. The molecule has 0 spiro atoms. The maximum Gasteiger partial charge on any atom is 0.218 e. The maximum atomic E-state index is 5.69. The van der Waals surface area contributed by atoms with Crippen LogP contribution in [0.5, 0.6) is 5.88 Å². The number of nitrogens with zero attached hydrogens (tertiary/aromatic N) is 3. The highest BCUT2D eigenvalue weighted by Crippen LogP contribution is 2.15. The molecular weight excluding hydrogens is 366 g/mol. The fourth-order valence-corrected chi connectivity index (χ4v) is 2.91. The van der Waals surface area contributed by atoms with Crippen LogP contribution in [-0.2, 0) is 11.3 Å². The van der Waals surface area contributed by atoms with E-state index in [2.05, 4.69) is 63.6 Å². The Kier molecular flexibility index (Phi) is 9.78. The van der Waals surface area contributed by atoms with Crippen LogP contribution in [0, 0.1) is 6.92 Å². The fourth-order valence-electron chi connectivity index (χ4n) is 2.91. The molecule has 0 aliphatic rings. The zero-order valence-corrected chi connectivity index (χ0v) is 17.9.